The van der Waals surface area contributed by atoms with Crippen LogP contribution in [0.25, 0.3) is 0 Å². The third kappa shape index (κ3) is 2.22. The SMILES string of the molecule is Cc1ccc2c(c1)CC(Cl)C(Cl)(c1ccccc1)O2. The van der Waals surface area contributed by atoms with E-state index in [0.29, 0.717) is 6.42 Å². The van der Waals surface area contributed by atoms with Crippen LogP contribution in [0.15, 0.2) is 48.5 Å². The van der Waals surface area contributed by atoms with Gasteiger partial charge in [-0.05, 0) is 25.0 Å². The maximum absolute atomic E-state index is 6.66. The molecule has 1 aliphatic rings. The number of halogens is 2. The third-order valence-electron chi connectivity index (χ3n) is 3.44. The first-order chi connectivity index (χ1) is 9.09. The van der Waals surface area contributed by atoms with Gasteiger partial charge in [-0.15, -0.1) is 11.6 Å². The summed E-state index contributed by atoms with van der Waals surface area (Å²) in [5.41, 5.74) is 3.21. The Morgan fingerprint density at radius 2 is 1.89 bits per heavy atom. The largest absolute Gasteiger partial charge is 0.466 e. The van der Waals surface area contributed by atoms with E-state index < -0.39 is 5.06 Å². The Morgan fingerprint density at radius 3 is 2.63 bits per heavy atom. The van der Waals surface area contributed by atoms with Gasteiger partial charge in [-0.1, -0.05) is 59.6 Å². The molecule has 2 aromatic rings. The molecule has 0 saturated carbocycles. The monoisotopic (exact) mass is 292 g/mol. The first kappa shape index (κ1) is 12.8. The molecule has 98 valence electrons. The summed E-state index contributed by atoms with van der Waals surface area (Å²) in [5, 5.41) is -1.30. The Bertz CT molecular complexity index is 597. The van der Waals surface area contributed by atoms with E-state index in [-0.39, 0.29) is 5.38 Å². The van der Waals surface area contributed by atoms with Gasteiger partial charge in [0.15, 0.2) is 0 Å². The van der Waals surface area contributed by atoms with Crippen LogP contribution in [-0.4, -0.2) is 5.38 Å². The molecule has 3 heteroatoms. The Hall–Kier alpha value is -1.18. The summed E-state index contributed by atoms with van der Waals surface area (Å²) in [5.74, 6) is 0.821. The molecule has 1 heterocycles. The van der Waals surface area contributed by atoms with Crippen LogP contribution in [0, 0.1) is 6.92 Å². The highest BCUT2D eigenvalue weighted by Crippen LogP contribution is 2.45. The van der Waals surface area contributed by atoms with Crippen molar-refractivity contribution in [3.05, 3.63) is 65.2 Å². The van der Waals surface area contributed by atoms with Crippen molar-refractivity contribution in [2.45, 2.75) is 23.8 Å². The molecule has 0 spiro atoms. The number of hydrogen-bond acceptors (Lipinski definition) is 1. The second-order valence-corrected chi connectivity index (χ2v) is 5.98. The second-order valence-electron chi connectivity index (χ2n) is 4.90. The van der Waals surface area contributed by atoms with E-state index in [0.717, 1.165) is 16.9 Å². The smallest absolute Gasteiger partial charge is 0.224 e. The van der Waals surface area contributed by atoms with Gasteiger partial charge in [-0.25, -0.2) is 0 Å². The molecule has 0 aliphatic carbocycles. The summed E-state index contributed by atoms with van der Waals surface area (Å²) in [4.78, 5) is 0. The fraction of sp³-hybridized carbons (Fsp3) is 0.250. The van der Waals surface area contributed by atoms with E-state index in [2.05, 4.69) is 13.0 Å². The molecule has 1 aliphatic heterocycles. The fourth-order valence-electron chi connectivity index (χ4n) is 2.42. The van der Waals surface area contributed by atoms with Crippen molar-refractivity contribution in [3.63, 3.8) is 0 Å². The Morgan fingerprint density at radius 1 is 1.16 bits per heavy atom. The Labute approximate surface area is 123 Å². The quantitative estimate of drug-likeness (QED) is 0.697. The molecule has 0 bridgehead atoms. The standard InChI is InChI=1S/C16H14Cl2O/c1-11-7-8-14-12(9-11)10-15(17)16(18,19-14)13-5-3-2-4-6-13/h2-9,15H,10H2,1H3. The highest BCUT2D eigenvalue weighted by molar-refractivity contribution is 6.32. The number of rotatable bonds is 1. The summed E-state index contributed by atoms with van der Waals surface area (Å²) in [6.45, 7) is 2.06. The first-order valence-corrected chi connectivity index (χ1v) is 7.08. The predicted octanol–water partition coefficient (Wildman–Crippen LogP) is 4.63. The van der Waals surface area contributed by atoms with E-state index in [4.69, 9.17) is 27.9 Å². The highest BCUT2D eigenvalue weighted by atomic mass is 35.5. The molecular weight excluding hydrogens is 279 g/mol. The molecule has 0 fully saturated rings. The van der Waals surface area contributed by atoms with Gasteiger partial charge in [0, 0.05) is 5.56 Å². The summed E-state index contributed by atoms with van der Waals surface area (Å²) in [6.07, 6.45) is 0.705. The zero-order valence-corrected chi connectivity index (χ0v) is 12.1. The maximum atomic E-state index is 6.66. The molecule has 2 unspecified atom stereocenters. The molecule has 0 amide bonds. The average Bonchev–Trinajstić information content (AvgIpc) is 2.42. The molecule has 0 N–H and O–H groups in total. The molecular formula is C16H14Cl2O. The predicted molar refractivity (Wildman–Crippen MR) is 79.1 cm³/mol. The fourth-order valence-corrected chi connectivity index (χ4v) is 3.04. The van der Waals surface area contributed by atoms with Gasteiger partial charge in [0.1, 0.15) is 5.75 Å². The Balaban J connectivity index is 2.04. The first-order valence-electron chi connectivity index (χ1n) is 6.26. The molecule has 2 atom stereocenters. The van der Waals surface area contributed by atoms with E-state index in [9.17, 15) is 0 Å². The van der Waals surface area contributed by atoms with Crippen molar-refractivity contribution in [1.82, 2.24) is 0 Å². The molecule has 1 nitrogen and oxygen atoms in total. The number of hydrogen-bond donors (Lipinski definition) is 0. The van der Waals surface area contributed by atoms with Gasteiger partial charge in [0.05, 0.1) is 5.38 Å². The van der Waals surface area contributed by atoms with Crippen LogP contribution in [0.4, 0.5) is 0 Å². The van der Waals surface area contributed by atoms with Gasteiger partial charge in [-0.3, -0.25) is 0 Å². The molecule has 0 saturated heterocycles. The van der Waals surface area contributed by atoms with Crippen molar-refractivity contribution in [3.8, 4) is 5.75 Å². The number of aryl methyl sites for hydroxylation is 1. The molecule has 0 radical (unpaired) electrons. The molecule has 3 rings (SSSR count). The highest BCUT2D eigenvalue weighted by Gasteiger charge is 2.44. The van der Waals surface area contributed by atoms with Crippen LogP contribution in [0.2, 0.25) is 0 Å². The lowest BCUT2D eigenvalue weighted by atomic mass is 9.95. The van der Waals surface area contributed by atoms with E-state index in [1.165, 1.54) is 5.56 Å². The van der Waals surface area contributed by atoms with E-state index >= 15 is 0 Å². The maximum Gasteiger partial charge on any atom is 0.224 e. The minimum Gasteiger partial charge on any atom is -0.466 e. The lowest BCUT2D eigenvalue weighted by Crippen LogP contribution is -2.41. The van der Waals surface area contributed by atoms with Crippen molar-refractivity contribution >= 4 is 23.2 Å². The third-order valence-corrected chi connectivity index (χ3v) is 4.58. The van der Waals surface area contributed by atoms with Crippen LogP contribution < -0.4 is 4.74 Å². The van der Waals surface area contributed by atoms with Gasteiger partial charge >= 0.3 is 0 Å². The average molecular weight is 293 g/mol. The van der Waals surface area contributed by atoms with Gasteiger partial charge in [0.2, 0.25) is 5.06 Å². The van der Waals surface area contributed by atoms with Crippen molar-refractivity contribution in [2.24, 2.45) is 0 Å². The van der Waals surface area contributed by atoms with Gasteiger partial charge in [-0.2, -0.15) is 0 Å². The summed E-state index contributed by atoms with van der Waals surface area (Å²) >= 11 is 13.1. The van der Waals surface area contributed by atoms with Crippen molar-refractivity contribution in [2.75, 3.05) is 0 Å². The van der Waals surface area contributed by atoms with Crippen molar-refractivity contribution < 1.29 is 4.74 Å². The van der Waals surface area contributed by atoms with Crippen LogP contribution in [0.1, 0.15) is 16.7 Å². The molecule has 2 aromatic carbocycles. The molecule has 19 heavy (non-hydrogen) atoms. The van der Waals surface area contributed by atoms with Crippen LogP contribution in [0.3, 0.4) is 0 Å². The number of fused-ring (bicyclic) bond motifs is 1. The van der Waals surface area contributed by atoms with Gasteiger partial charge < -0.3 is 4.74 Å². The lowest BCUT2D eigenvalue weighted by molar-refractivity contribution is 0.135. The Kier molecular flexibility index (Phi) is 3.20. The number of ether oxygens (including phenoxy) is 1. The van der Waals surface area contributed by atoms with Crippen LogP contribution in [-0.2, 0) is 11.5 Å². The summed E-state index contributed by atoms with van der Waals surface area (Å²) < 4.78 is 6.01. The second kappa shape index (κ2) is 4.73. The summed E-state index contributed by atoms with van der Waals surface area (Å²) in [6, 6.07) is 15.8. The number of alkyl halides is 2. The topological polar surface area (TPSA) is 9.23 Å². The zero-order valence-electron chi connectivity index (χ0n) is 10.6. The van der Waals surface area contributed by atoms with E-state index in [1.54, 1.807) is 0 Å². The van der Waals surface area contributed by atoms with Crippen LogP contribution >= 0.6 is 23.2 Å². The summed E-state index contributed by atoms with van der Waals surface area (Å²) in [7, 11) is 0. The minimum absolute atomic E-state index is 0.300. The minimum atomic E-state index is -0.995. The van der Waals surface area contributed by atoms with Crippen LogP contribution in [0.5, 0.6) is 5.75 Å². The zero-order chi connectivity index (χ0) is 13.5. The normalized spacial score (nSPS) is 25.5. The van der Waals surface area contributed by atoms with Gasteiger partial charge in [0.25, 0.3) is 0 Å². The number of benzene rings is 2. The van der Waals surface area contributed by atoms with Crippen molar-refractivity contribution in [1.29, 1.82) is 0 Å². The molecule has 0 aromatic heterocycles. The van der Waals surface area contributed by atoms with E-state index in [1.807, 2.05) is 42.5 Å². The lowest BCUT2D eigenvalue weighted by Gasteiger charge is -2.37.